The fourth-order valence-corrected chi connectivity index (χ4v) is 2.44. The van der Waals surface area contributed by atoms with Crippen molar-refractivity contribution in [3.63, 3.8) is 0 Å². The lowest BCUT2D eigenvalue weighted by Gasteiger charge is -2.18. The van der Waals surface area contributed by atoms with Gasteiger partial charge >= 0.3 is 0 Å². The summed E-state index contributed by atoms with van der Waals surface area (Å²) in [7, 11) is 0. The fraction of sp³-hybridized carbons (Fsp3) is 0.143. The maximum atomic E-state index is 13.3. The molecule has 2 rings (SSSR count). The van der Waals surface area contributed by atoms with Crippen LogP contribution in [0.3, 0.4) is 0 Å². The van der Waals surface area contributed by atoms with Crippen molar-refractivity contribution in [2.24, 2.45) is 5.84 Å². The van der Waals surface area contributed by atoms with Crippen LogP contribution in [-0.4, -0.2) is 0 Å². The molecule has 0 radical (unpaired) electrons. The zero-order valence-electron chi connectivity index (χ0n) is 10.3. The minimum atomic E-state index is -0.225. The van der Waals surface area contributed by atoms with Crippen molar-refractivity contribution in [2.75, 3.05) is 0 Å². The van der Waals surface area contributed by atoms with Gasteiger partial charge in [-0.15, -0.1) is 0 Å². The molecule has 0 heterocycles. The van der Waals surface area contributed by atoms with Crippen LogP contribution in [-0.2, 0) is 0 Å². The molecule has 1 unspecified atom stereocenters. The topological polar surface area (TPSA) is 38.0 Å². The molecule has 100 valence electrons. The number of hydrazine groups is 1. The van der Waals surface area contributed by atoms with Crippen molar-refractivity contribution in [3.05, 3.63) is 68.4 Å². The Kier molecular flexibility index (Phi) is 4.58. The van der Waals surface area contributed by atoms with E-state index in [4.69, 9.17) is 17.4 Å². The molecule has 2 aromatic rings. The lowest BCUT2D eigenvalue weighted by atomic mass is 9.98. The zero-order chi connectivity index (χ0) is 14.0. The lowest BCUT2D eigenvalue weighted by molar-refractivity contribution is 0.607. The molecule has 0 bridgehead atoms. The maximum absolute atomic E-state index is 13.3. The van der Waals surface area contributed by atoms with Crippen LogP contribution in [0.4, 0.5) is 4.39 Å². The Morgan fingerprint density at radius 2 is 1.84 bits per heavy atom. The van der Waals surface area contributed by atoms with Gasteiger partial charge in [0.15, 0.2) is 0 Å². The average molecular weight is 344 g/mol. The fourth-order valence-electron chi connectivity index (χ4n) is 1.92. The second kappa shape index (κ2) is 6.01. The van der Waals surface area contributed by atoms with Gasteiger partial charge in [-0.3, -0.25) is 5.84 Å². The highest BCUT2D eigenvalue weighted by atomic mass is 79.9. The summed E-state index contributed by atoms with van der Waals surface area (Å²) in [6.45, 7) is 1.73. The van der Waals surface area contributed by atoms with Crippen molar-refractivity contribution in [1.82, 2.24) is 5.43 Å². The Hall–Kier alpha value is -0.940. The molecular formula is C14H13BrClFN2. The quantitative estimate of drug-likeness (QED) is 0.650. The summed E-state index contributed by atoms with van der Waals surface area (Å²) in [5.74, 6) is 5.40. The number of hydrogen-bond acceptors (Lipinski definition) is 2. The van der Waals surface area contributed by atoms with Crippen LogP contribution in [0.15, 0.2) is 40.9 Å². The number of nitrogens with two attached hydrogens (primary N) is 1. The first-order valence-corrected chi connectivity index (χ1v) is 6.87. The van der Waals surface area contributed by atoms with Crippen molar-refractivity contribution < 1.29 is 4.39 Å². The van der Waals surface area contributed by atoms with E-state index in [0.717, 1.165) is 15.6 Å². The van der Waals surface area contributed by atoms with Crippen LogP contribution in [0.2, 0.25) is 5.02 Å². The molecule has 0 fully saturated rings. The van der Waals surface area contributed by atoms with E-state index in [0.29, 0.717) is 10.6 Å². The summed E-state index contributed by atoms with van der Waals surface area (Å²) in [6.07, 6.45) is 0. The molecule has 1 atom stereocenters. The molecular weight excluding hydrogens is 331 g/mol. The molecule has 0 spiro atoms. The number of rotatable bonds is 3. The van der Waals surface area contributed by atoms with E-state index in [-0.39, 0.29) is 11.9 Å². The first-order valence-electron chi connectivity index (χ1n) is 5.70. The van der Waals surface area contributed by atoms with Gasteiger partial charge in [0.2, 0.25) is 0 Å². The van der Waals surface area contributed by atoms with Crippen LogP contribution >= 0.6 is 27.5 Å². The molecule has 2 aromatic carbocycles. The maximum Gasteiger partial charge on any atom is 0.126 e. The minimum Gasteiger partial charge on any atom is -0.271 e. The van der Waals surface area contributed by atoms with Crippen LogP contribution < -0.4 is 11.3 Å². The summed E-state index contributed by atoms with van der Waals surface area (Å²) in [4.78, 5) is 0. The monoisotopic (exact) mass is 342 g/mol. The highest BCUT2D eigenvalue weighted by Gasteiger charge is 2.14. The Balaban J connectivity index is 2.43. The Morgan fingerprint density at radius 3 is 2.42 bits per heavy atom. The molecule has 3 N–H and O–H groups in total. The van der Waals surface area contributed by atoms with Gasteiger partial charge in [-0.05, 0) is 57.7 Å². The van der Waals surface area contributed by atoms with Gasteiger partial charge in [0.1, 0.15) is 5.82 Å². The highest BCUT2D eigenvalue weighted by molar-refractivity contribution is 9.10. The van der Waals surface area contributed by atoms with E-state index >= 15 is 0 Å². The van der Waals surface area contributed by atoms with Gasteiger partial charge < -0.3 is 0 Å². The van der Waals surface area contributed by atoms with Crippen LogP contribution in [0.1, 0.15) is 22.7 Å². The normalized spacial score (nSPS) is 12.5. The van der Waals surface area contributed by atoms with Gasteiger partial charge in [-0.1, -0.05) is 29.8 Å². The van der Waals surface area contributed by atoms with Crippen LogP contribution in [0.5, 0.6) is 0 Å². The molecule has 0 aliphatic rings. The minimum absolute atomic E-state index is 0.215. The Labute approximate surface area is 124 Å². The van der Waals surface area contributed by atoms with Gasteiger partial charge in [-0.2, -0.15) is 0 Å². The van der Waals surface area contributed by atoms with Crippen molar-refractivity contribution in [1.29, 1.82) is 0 Å². The van der Waals surface area contributed by atoms with Crippen LogP contribution in [0.25, 0.3) is 0 Å². The highest BCUT2D eigenvalue weighted by Crippen LogP contribution is 2.29. The molecule has 2 nitrogen and oxygen atoms in total. The van der Waals surface area contributed by atoms with E-state index in [9.17, 15) is 4.39 Å². The predicted octanol–water partition coefficient (Wildman–Crippen LogP) is 4.10. The summed E-state index contributed by atoms with van der Waals surface area (Å²) in [6, 6.07) is 10.3. The number of nitrogens with one attached hydrogen (secondary N) is 1. The van der Waals surface area contributed by atoms with Gasteiger partial charge in [0.25, 0.3) is 0 Å². The largest absolute Gasteiger partial charge is 0.271 e. The SMILES string of the molecule is Cc1cc(C(NN)c2ccc(Cl)c(Br)c2)ccc1F. The van der Waals surface area contributed by atoms with Gasteiger partial charge in [0, 0.05) is 4.47 Å². The van der Waals surface area contributed by atoms with E-state index in [1.54, 1.807) is 25.1 Å². The molecule has 0 aliphatic heterocycles. The summed E-state index contributed by atoms with van der Waals surface area (Å²) < 4.78 is 14.1. The number of hydrogen-bond donors (Lipinski definition) is 2. The van der Waals surface area contributed by atoms with Gasteiger partial charge in [-0.25, -0.2) is 9.82 Å². The smallest absolute Gasteiger partial charge is 0.126 e. The van der Waals surface area contributed by atoms with Crippen molar-refractivity contribution in [2.45, 2.75) is 13.0 Å². The molecule has 0 saturated carbocycles. The zero-order valence-corrected chi connectivity index (χ0v) is 12.6. The third-order valence-electron chi connectivity index (χ3n) is 2.96. The van der Waals surface area contributed by atoms with E-state index < -0.39 is 0 Å². The number of aryl methyl sites for hydroxylation is 1. The number of halogens is 3. The molecule has 0 saturated heterocycles. The lowest BCUT2D eigenvalue weighted by Crippen LogP contribution is -2.28. The van der Waals surface area contributed by atoms with E-state index in [2.05, 4.69) is 21.4 Å². The van der Waals surface area contributed by atoms with E-state index in [1.165, 1.54) is 6.07 Å². The standard InChI is InChI=1S/C14H13BrClFN2/c1-8-6-9(3-5-13(8)17)14(19-18)10-2-4-12(16)11(15)7-10/h2-7,14,19H,18H2,1H3. The second-order valence-electron chi connectivity index (χ2n) is 4.28. The summed E-state index contributed by atoms with van der Waals surface area (Å²) in [5.41, 5.74) is 5.18. The second-order valence-corrected chi connectivity index (χ2v) is 5.54. The molecule has 5 heteroatoms. The first-order chi connectivity index (χ1) is 9.02. The predicted molar refractivity (Wildman–Crippen MR) is 79.5 cm³/mol. The third-order valence-corrected chi connectivity index (χ3v) is 4.17. The molecule has 0 amide bonds. The average Bonchev–Trinajstić information content (AvgIpc) is 2.39. The van der Waals surface area contributed by atoms with Crippen LogP contribution in [0, 0.1) is 12.7 Å². The summed E-state index contributed by atoms with van der Waals surface area (Å²) >= 11 is 9.35. The Morgan fingerprint density at radius 1 is 1.21 bits per heavy atom. The third kappa shape index (κ3) is 3.15. The molecule has 0 aliphatic carbocycles. The van der Waals surface area contributed by atoms with Gasteiger partial charge in [0.05, 0.1) is 11.1 Å². The van der Waals surface area contributed by atoms with Crippen molar-refractivity contribution in [3.8, 4) is 0 Å². The van der Waals surface area contributed by atoms with Crippen molar-refractivity contribution >= 4 is 27.5 Å². The Bertz CT molecular complexity index is 552. The molecule has 0 aromatic heterocycles. The summed E-state index contributed by atoms with van der Waals surface area (Å²) in [5, 5.41) is 0.634. The number of benzene rings is 2. The first kappa shape index (κ1) is 14.5. The van der Waals surface area contributed by atoms with E-state index in [1.807, 2.05) is 12.1 Å². The molecule has 19 heavy (non-hydrogen) atoms.